The smallest absolute Gasteiger partial charge is 0.246 e. The molecule has 1 saturated heterocycles. The Bertz CT molecular complexity index is 692. The average molecular weight is 353 g/mol. The summed E-state index contributed by atoms with van der Waals surface area (Å²) < 4.78 is 26.2. The van der Waals surface area contributed by atoms with E-state index in [4.69, 9.17) is 0 Å². The summed E-state index contributed by atoms with van der Waals surface area (Å²) in [5.41, 5.74) is 2.41. The van der Waals surface area contributed by atoms with Crippen LogP contribution in [0.2, 0.25) is 0 Å². The van der Waals surface area contributed by atoms with E-state index in [0.717, 1.165) is 36.8 Å². The Hall–Kier alpha value is -1.56. The Balaban J connectivity index is 2.37. The Morgan fingerprint density at radius 2 is 1.71 bits per heavy atom. The lowest BCUT2D eigenvalue weighted by Crippen LogP contribution is -2.50. The van der Waals surface area contributed by atoms with Gasteiger partial charge in [-0.3, -0.25) is 9.10 Å². The van der Waals surface area contributed by atoms with Crippen LogP contribution >= 0.6 is 0 Å². The summed E-state index contributed by atoms with van der Waals surface area (Å²) in [7, 11) is -3.56. The number of nitrogens with zero attached hydrogens (tertiary/aromatic N) is 2. The number of amides is 1. The molecule has 1 heterocycles. The van der Waals surface area contributed by atoms with Crippen LogP contribution in [0.3, 0.4) is 0 Å². The zero-order valence-corrected chi connectivity index (χ0v) is 15.9. The first-order chi connectivity index (χ1) is 11.2. The molecular weight excluding hydrogens is 324 g/mol. The number of carbonyl (C=O) groups is 1. The van der Waals surface area contributed by atoms with Gasteiger partial charge in [-0.1, -0.05) is 25.0 Å². The highest BCUT2D eigenvalue weighted by Crippen LogP contribution is 2.27. The summed E-state index contributed by atoms with van der Waals surface area (Å²) >= 11 is 0. The number of benzene rings is 1. The van der Waals surface area contributed by atoms with Crippen LogP contribution in [0.1, 0.15) is 43.7 Å². The molecule has 1 atom stereocenters. The maximum absolute atomic E-state index is 12.9. The first-order valence-corrected chi connectivity index (χ1v) is 10.4. The van der Waals surface area contributed by atoms with E-state index in [1.54, 1.807) is 6.92 Å². The number of anilines is 1. The van der Waals surface area contributed by atoms with Gasteiger partial charge in [-0.25, -0.2) is 8.42 Å². The van der Waals surface area contributed by atoms with E-state index in [1.807, 2.05) is 36.9 Å². The van der Waals surface area contributed by atoms with E-state index >= 15 is 0 Å². The van der Waals surface area contributed by atoms with Gasteiger partial charge in [0, 0.05) is 13.1 Å². The molecule has 0 saturated carbocycles. The second-order valence-electron chi connectivity index (χ2n) is 6.76. The minimum atomic E-state index is -3.56. The lowest BCUT2D eigenvalue weighted by Gasteiger charge is -2.33. The van der Waals surface area contributed by atoms with E-state index in [0.29, 0.717) is 18.8 Å². The van der Waals surface area contributed by atoms with Gasteiger partial charge in [0.25, 0.3) is 0 Å². The van der Waals surface area contributed by atoms with Crippen molar-refractivity contribution in [1.29, 1.82) is 0 Å². The zero-order valence-electron chi connectivity index (χ0n) is 15.1. The number of sulfonamides is 1. The highest BCUT2D eigenvalue weighted by atomic mass is 32.2. The lowest BCUT2D eigenvalue weighted by atomic mass is 10.1. The fourth-order valence-corrected chi connectivity index (χ4v) is 4.51. The third-order valence-electron chi connectivity index (χ3n) is 4.59. The first-order valence-electron chi connectivity index (χ1n) is 8.57. The average Bonchev–Trinajstić information content (AvgIpc) is 2.78. The van der Waals surface area contributed by atoms with Crippen molar-refractivity contribution in [3.05, 3.63) is 29.3 Å². The van der Waals surface area contributed by atoms with E-state index in [9.17, 15) is 13.2 Å². The largest absolute Gasteiger partial charge is 0.341 e. The maximum atomic E-state index is 12.9. The van der Waals surface area contributed by atoms with E-state index in [1.165, 1.54) is 10.6 Å². The van der Waals surface area contributed by atoms with Crippen molar-refractivity contribution < 1.29 is 13.2 Å². The zero-order chi connectivity index (χ0) is 17.9. The monoisotopic (exact) mass is 352 g/mol. The van der Waals surface area contributed by atoms with E-state index in [2.05, 4.69) is 0 Å². The molecule has 1 aliphatic heterocycles. The van der Waals surface area contributed by atoms with Crippen molar-refractivity contribution in [3.8, 4) is 0 Å². The molecular formula is C18H28N2O3S. The molecule has 24 heavy (non-hydrogen) atoms. The summed E-state index contributed by atoms with van der Waals surface area (Å²) in [4.78, 5) is 14.7. The van der Waals surface area contributed by atoms with Crippen molar-refractivity contribution in [2.75, 3.05) is 23.7 Å². The van der Waals surface area contributed by atoms with Crippen molar-refractivity contribution in [3.63, 3.8) is 0 Å². The van der Waals surface area contributed by atoms with Crippen LogP contribution < -0.4 is 4.31 Å². The highest BCUT2D eigenvalue weighted by molar-refractivity contribution is 7.92. The fraction of sp³-hybridized carbons (Fsp3) is 0.611. The number of rotatable bonds is 4. The van der Waals surface area contributed by atoms with Crippen LogP contribution in [0, 0.1) is 13.8 Å². The maximum Gasteiger partial charge on any atom is 0.246 e. The standard InChI is InChI=1S/C18H28N2O3S/c1-14-9-10-15(2)17(13-14)20(24(4,22)23)16(3)18(21)19-11-7-5-6-8-12-19/h9-10,13,16H,5-8,11-12H2,1-4H3/t16-/m1/s1. The Morgan fingerprint density at radius 1 is 1.12 bits per heavy atom. The number of hydrogen-bond acceptors (Lipinski definition) is 3. The second kappa shape index (κ2) is 7.55. The van der Waals surface area contributed by atoms with Crippen LogP contribution in [0.5, 0.6) is 0 Å². The van der Waals surface area contributed by atoms with Crippen molar-refractivity contribution in [2.45, 2.75) is 52.5 Å². The number of hydrogen-bond donors (Lipinski definition) is 0. The second-order valence-corrected chi connectivity index (χ2v) is 8.62. The molecule has 0 aliphatic carbocycles. The molecule has 6 heteroatoms. The van der Waals surface area contributed by atoms with E-state index in [-0.39, 0.29) is 5.91 Å². The van der Waals surface area contributed by atoms with Gasteiger partial charge in [0.2, 0.25) is 15.9 Å². The van der Waals surface area contributed by atoms with Gasteiger partial charge in [-0.15, -0.1) is 0 Å². The van der Waals surface area contributed by atoms with Gasteiger partial charge < -0.3 is 4.90 Å². The highest BCUT2D eigenvalue weighted by Gasteiger charge is 2.33. The van der Waals surface area contributed by atoms with Crippen LogP contribution in [0.4, 0.5) is 5.69 Å². The molecule has 5 nitrogen and oxygen atoms in total. The molecule has 1 amide bonds. The minimum Gasteiger partial charge on any atom is -0.341 e. The molecule has 0 radical (unpaired) electrons. The van der Waals surface area contributed by atoms with Gasteiger partial charge in [0.1, 0.15) is 6.04 Å². The quantitative estimate of drug-likeness (QED) is 0.837. The van der Waals surface area contributed by atoms with Crippen molar-refractivity contribution in [1.82, 2.24) is 4.90 Å². The normalized spacial score (nSPS) is 17.2. The summed E-state index contributed by atoms with van der Waals surface area (Å²) in [5.74, 6) is -0.108. The van der Waals surface area contributed by atoms with Crippen LogP contribution in [0.15, 0.2) is 18.2 Å². The summed E-state index contributed by atoms with van der Waals surface area (Å²) in [6.45, 7) is 6.91. The molecule has 1 fully saturated rings. The lowest BCUT2D eigenvalue weighted by molar-refractivity contribution is -0.131. The predicted molar refractivity (Wildman–Crippen MR) is 97.7 cm³/mol. The fourth-order valence-electron chi connectivity index (χ4n) is 3.29. The van der Waals surface area contributed by atoms with Crippen molar-refractivity contribution >= 4 is 21.6 Å². The van der Waals surface area contributed by atoms with Gasteiger partial charge in [0.05, 0.1) is 11.9 Å². The van der Waals surface area contributed by atoms with Crippen LogP contribution in [-0.2, 0) is 14.8 Å². The Labute approximate surface area is 145 Å². The first kappa shape index (κ1) is 18.8. The van der Waals surface area contributed by atoms with Crippen molar-refractivity contribution in [2.24, 2.45) is 0 Å². The molecule has 1 aromatic rings. The molecule has 134 valence electrons. The minimum absolute atomic E-state index is 0.108. The molecule has 0 spiro atoms. The molecule has 1 aliphatic rings. The molecule has 0 unspecified atom stereocenters. The topological polar surface area (TPSA) is 57.7 Å². The Morgan fingerprint density at radius 3 is 2.25 bits per heavy atom. The molecule has 0 aromatic heterocycles. The van der Waals surface area contributed by atoms with Gasteiger partial charge in [-0.05, 0) is 50.8 Å². The SMILES string of the molecule is Cc1ccc(C)c(N([C@H](C)C(=O)N2CCCCCC2)S(C)(=O)=O)c1. The Kier molecular flexibility index (Phi) is 5.91. The van der Waals surface area contributed by atoms with Crippen LogP contribution in [0.25, 0.3) is 0 Å². The summed E-state index contributed by atoms with van der Waals surface area (Å²) in [5, 5.41) is 0. The molecule has 0 N–H and O–H groups in total. The number of aryl methyl sites for hydroxylation is 2. The molecule has 1 aromatic carbocycles. The summed E-state index contributed by atoms with van der Waals surface area (Å²) in [6.07, 6.45) is 5.40. The van der Waals surface area contributed by atoms with E-state index < -0.39 is 16.1 Å². The summed E-state index contributed by atoms with van der Waals surface area (Å²) in [6, 6.07) is 4.94. The van der Waals surface area contributed by atoms with Gasteiger partial charge in [0.15, 0.2) is 0 Å². The van der Waals surface area contributed by atoms with Gasteiger partial charge >= 0.3 is 0 Å². The number of likely N-dealkylation sites (tertiary alicyclic amines) is 1. The van der Waals surface area contributed by atoms with Crippen LogP contribution in [-0.4, -0.2) is 44.6 Å². The predicted octanol–water partition coefficient (Wildman–Crippen LogP) is 2.86. The third-order valence-corrected chi connectivity index (χ3v) is 5.81. The van der Waals surface area contributed by atoms with Gasteiger partial charge in [-0.2, -0.15) is 0 Å². The third kappa shape index (κ3) is 4.29. The molecule has 2 rings (SSSR count). The number of carbonyl (C=O) groups excluding carboxylic acids is 1. The molecule has 0 bridgehead atoms.